The van der Waals surface area contributed by atoms with Gasteiger partial charge in [0, 0.05) is 24.8 Å². The van der Waals surface area contributed by atoms with Crippen LogP contribution in [0.5, 0.6) is 0 Å². The number of carbonyl (C=O) groups is 1. The minimum absolute atomic E-state index is 0.0111. The number of aryl methyl sites for hydroxylation is 1. The van der Waals surface area contributed by atoms with Crippen LogP contribution in [0.3, 0.4) is 0 Å². The summed E-state index contributed by atoms with van der Waals surface area (Å²) in [5, 5.41) is 0.0960. The first-order valence-electron chi connectivity index (χ1n) is 12.2. The van der Waals surface area contributed by atoms with Crippen LogP contribution in [0.1, 0.15) is 58.9 Å². The summed E-state index contributed by atoms with van der Waals surface area (Å²) in [6.45, 7) is 3.45. The first kappa shape index (κ1) is 23.8. The Morgan fingerprint density at radius 3 is 2.49 bits per heavy atom. The summed E-state index contributed by atoms with van der Waals surface area (Å²) in [7, 11) is -3.64. The Kier molecular flexibility index (Phi) is 6.75. The number of carbonyl (C=O) groups excluding carboxylic acids is 1. The number of ether oxygens (including phenoxy) is 1. The number of rotatable bonds is 9. The van der Waals surface area contributed by atoms with Crippen LogP contribution >= 0.6 is 0 Å². The second kappa shape index (κ2) is 9.95. The average molecular weight is 494 g/mol. The zero-order valence-corrected chi connectivity index (χ0v) is 20.8. The van der Waals surface area contributed by atoms with E-state index >= 15 is 0 Å². The van der Waals surface area contributed by atoms with Gasteiger partial charge in [-0.1, -0.05) is 48.0 Å². The lowest BCUT2D eigenvalue weighted by atomic mass is 10.1. The number of aromatic nitrogens is 2. The molecule has 5 rings (SSSR count). The molecule has 1 amide bonds. The van der Waals surface area contributed by atoms with E-state index < -0.39 is 9.84 Å². The van der Waals surface area contributed by atoms with Gasteiger partial charge >= 0.3 is 0 Å². The molecule has 1 atom stereocenters. The molecule has 0 bridgehead atoms. The Labute approximate surface area is 206 Å². The quantitative estimate of drug-likeness (QED) is 0.443. The Hall–Kier alpha value is -2.97. The van der Waals surface area contributed by atoms with Gasteiger partial charge in [-0.15, -0.1) is 0 Å². The molecule has 35 heavy (non-hydrogen) atoms. The highest BCUT2D eigenvalue weighted by Crippen LogP contribution is 2.39. The summed E-state index contributed by atoms with van der Waals surface area (Å²) < 4.78 is 34.4. The van der Waals surface area contributed by atoms with E-state index in [4.69, 9.17) is 4.74 Å². The molecule has 7 nitrogen and oxygen atoms in total. The number of sulfone groups is 1. The predicted molar refractivity (Wildman–Crippen MR) is 133 cm³/mol. The summed E-state index contributed by atoms with van der Waals surface area (Å²) >= 11 is 0. The summed E-state index contributed by atoms with van der Waals surface area (Å²) in [5.74, 6) is -0.184. The molecule has 0 unspecified atom stereocenters. The van der Waals surface area contributed by atoms with Crippen molar-refractivity contribution in [3.63, 3.8) is 0 Å². The molecule has 184 valence electrons. The average Bonchev–Trinajstić information content (AvgIpc) is 3.37. The molecule has 2 heterocycles. The van der Waals surface area contributed by atoms with Gasteiger partial charge in [0.2, 0.25) is 15.0 Å². The van der Waals surface area contributed by atoms with Gasteiger partial charge in [0.05, 0.1) is 30.3 Å². The maximum Gasteiger partial charge on any atom is 0.254 e. The Morgan fingerprint density at radius 1 is 1.09 bits per heavy atom. The van der Waals surface area contributed by atoms with Crippen molar-refractivity contribution < 1.29 is 17.9 Å². The minimum atomic E-state index is -3.64. The van der Waals surface area contributed by atoms with E-state index in [2.05, 4.69) is 4.98 Å². The van der Waals surface area contributed by atoms with Crippen molar-refractivity contribution in [3.05, 3.63) is 83.2 Å². The third-order valence-corrected chi connectivity index (χ3v) is 8.19. The van der Waals surface area contributed by atoms with Crippen LogP contribution in [0.4, 0.5) is 0 Å². The molecule has 8 heteroatoms. The molecule has 1 aliphatic heterocycles. The van der Waals surface area contributed by atoms with E-state index in [0.29, 0.717) is 18.7 Å². The lowest BCUT2D eigenvalue weighted by Crippen LogP contribution is -2.37. The van der Waals surface area contributed by atoms with Gasteiger partial charge < -0.3 is 14.2 Å². The van der Waals surface area contributed by atoms with Crippen LogP contribution in [0.15, 0.2) is 66.0 Å². The first-order valence-corrected chi connectivity index (χ1v) is 13.9. The predicted octanol–water partition coefficient (Wildman–Crippen LogP) is 4.32. The molecule has 0 N–H and O–H groups in total. The molecule has 2 aromatic carbocycles. The van der Waals surface area contributed by atoms with Gasteiger partial charge in [0.15, 0.2) is 0 Å². The van der Waals surface area contributed by atoms with Gasteiger partial charge in [-0.25, -0.2) is 13.4 Å². The van der Waals surface area contributed by atoms with Gasteiger partial charge in [-0.05, 0) is 50.3 Å². The van der Waals surface area contributed by atoms with E-state index in [0.717, 1.165) is 42.5 Å². The summed E-state index contributed by atoms with van der Waals surface area (Å²) in [4.78, 5) is 19.7. The van der Waals surface area contributed by atoms with Crippen molar-refractivity contribution in [2.75, 3.05) is 13.2 Å². The van der Waals surface area contributed by atoms with Gasteiger partial charge in [-0.2, -0.15) is 0 Å². The second-order valence-corrected chi connectivity index (χ2v) is 11.4. The topological polar surface area (TPSA) is 81.5 Å². The van der Waals surface area contributed by atoms with Crippen molar-refractivity contribution in [1.82, 2.24) is 14.5 Å². The Balaban J connectivity index is 1.44. The summed E-state index contributed by atoms with van der Waals surface area (Å²) in [6, 6.07) is 16.8. The maximum atomic E-state index is 13.5. The molecule has 1 aliphatic carbocycles. The molecule has 1 saturated carbocycles. The van der Waals surface area contributed by atoms with E-state index in [-0.39, 0.29) is 35.5 Å². The fourth-order valence-electron chi connectivity index (χ4n) is 4.63. The van der Waals surface area contributed by atoms with Gasteiger partial charge in [-0.3, -0.25) is 4.79 Å². The standard InChI is InChI=1S/C27H31N3O4S/c1-20-9-11-22(12-10-20)26(31)29(18-25-8-5-15-34-25)17-24-16-28-27(30(24)23-13-14-23)35(32,33)19-21-6-3-2-4-7-21/h2-4,6-7,9-12,16,23,25H,5,8,13-15,17-19H2,1H3/t25-/m0/s1. The van der Waals surface area contributed by atoms with Crippen LogP contribution in [0.2, 0.25) is 0 Å². The van der Waals surface area contributed by atoms with Crippen LogP contribution in [0, 0.1) is 6.92 Å². The van der Waals surface area contributed by atoms with Crippen LogP contribution in [-0.2, 0) is 26.9 Å². The highest BCUT2D eigenvalue weighted by molar-refractivity contribution is 7.90. The van der Waals surface area contributed by atoms with E-state index in [1.807, 2.05) is 66.1 Å². The SMILES string of the molecule is Cc1ccc(C(=O)N(Cc2cnc(S(=O)(=O)Cc3ccccc3)n2C2CC2)C[C@@H]2CCCO2)cc1. The molecule has 0 radical (unpaired) electrons. The highest BCUT2D eigenvalue weighted by atomic mass is 32.2. The maximum absolute atomic E-state index is 13.5. The fourth-order valence-corrected chi connectivity index (χ4v) is 6.17. The monoisotopic (exact) mass is 493 g/mol. The van der Waals surface area contributed by atoms with Gasteiger partial charge in [0.1, 0.15) is 0 Å². The normalized spacial score (nSPS) is 18.0. The van der Waals surface area contributed by atoms with Crippen molar-refractivity contribution >= 4 is 15.7 Å². The molecular weight excluding hydrogens is 462 g/mol. The van der Waals surface area contributed by atoms with Crippen molar-refractivity contribution in [2.24, 2.45) is 0 Å². The van der Waals surface area contributed by atoms with Crippen LogP contribution < -0.4 is 0 Å². The molecule has 2 aliphatic rings. The smallest absolute Gasteiger partial charge is 0.254 e. The number of nitrogens with zero attached hydrogens (tertiary/aromatic N) is 3. The van der Waals surface area contributed by atoms with Crippen molar-refractivity contribution in [1.29, 1.82) is 0 Å². The third kappa shape index (κ3) is 5.49. The second-order valence-electron chi connectivity index (χ2n) is 9.56. The molecule has 1 saturated heterocycles. The lowest BCUT2D eigenvalue weighted by Gasteiger charge is -2.26. The highest BCUT2D eigenvalue weighted by Gasteiger charge is 2.34. The zero-order valence-electron chi connectivity index (χ0n) is 20.0. The van der Waals surface area contributed by atoms with E-state index in [9.17, 15) is 13.2 Å². The molecule has 3 aromatic rings. The molecular formula is C27H31N3O4S. The number of hydrogen-bond acceptors (Lipinski definition) is 5. The number of imidazole rings is 1. The largest absolute Gasteiger partial charge is 0.376 e. The number of benzene rings is 2. The number of hydrogen-bond donors (Lipinski definition) is 0. The Bertz CT molecular complexity index is 1280. The summed E-state index contributed by atoms with van der Waals surface area (Å²) in [5.41, 5.74) is 3.18. The molecule has 1 aromatic heterocycles. The molecule has 0 spiro atoms. The molecule has 2 fully saturated rings. The van der Waals surface area contributed by atoms with Gasteiger partial charge in [0.25, 0.3) is 5.91 Å². The zero-order chi connectivity index (χ0) is 24.4. The number of amides is 1. The third-order valence-electron chi connectivity index (χ3n) is 6.62. The van der Waals surface area contributed by atoms with E-state index in [1.165, 1.54) is 0 Å². The van der Waals surface area contributed by atoms with Crippen molar-refractivity contribution in [3.8, 4) is 0 Å². The first-order chi connectivity index (χ1) is 16.9. The Morgan fingerprint density at radius 2 is 1.83 bits per heavy atom. The lowest BCUT2D eigenvalue weighted by molar-refractivity contribution is 0.0501. The summed E-state index contributed by atoms with van der Waals surface area (Å²) in [6.07, 6.45) is 5.34. The van der Waals surface area contributed by atoms with Crippen LogP contribution in [0.25, 0.3) is 0 Å². The van der Waals surface area contributed by atoms with E-state index in [1.54, 1.807) is 11.1 Å². The minimum Gasteiger partial charge on any atom is -0.376 e. The van der Waals surface area contributed by atoms with Crippen LogP contribution in [-0.4, -0.2) is 48.0 Å². The fraction of sp³-hybridized carbons (Fsp3) is 0.407. The van der Waals surface area contributed by atoms with Crippen molar-refractivity contribution in [2.45, 2.75) is 62.2 Å².